The summed E-state index contributed by atoms with van der Waals surface area (Å²) >= 11 is 3.26. The molecule has 0 spiro atoms. The minimum absolute atomic E-state index is 0.433. The van der Waals surface area contributed by atoms with Crippen LogP contribution in [0.4, 0.5) is 0 Å². The lowest BCUT2D eigenvalue weighted by Gasteiger charge is -2.04. The molecule has 78 valence electrons. The van der Waals surface area contributed by atoms with Crippen LogP contribution < -0.4 is 0 Å². The fourth-order valence-corrected chi connectivity index (χ4v) is 2.31. The Morgan fingerprint density at radius 3 is 2.43 bits per heavy atom. The number of aryl methyl sites for hydroxylation is 3. The average molecular weight is 275 g/mol. The summed E-state index contributed by atoms with van der Waals surface area (Å²) in [6.45, 7) is 5.14. The van der Waals surface area contributed by atoms with Crippen molar-refractivity contribution in [1.82, 2.24) is 0 Å². The van der Waals surface area contributed by atoms with E-state index in [1.54, 1.807) is 0 Å². The van der Waals surface area contributed by atoms with Crippen LogP contribution in [0, 0.1) is 13.8 Å². The molecule has 0 aliphatic carbocycles. The molecule has 1 unspecified atom stereocenters. The number of hydrogen-bond donors (Lipinski definition) is 0. The van der Waals surface area contributed by atoms with Gasteiger partial charge in [0.25, 0.3) is 0 Å². The average Bonchev–Trinajstić information content (AvgIpc) is 2.11. The zero-order valence-corrected chi connectivity index (χ0v) is 11.2. The summed E-state index contributed by atoms with van der Waals surface area (Å²) in [7, 11) is 0.433. The molecule has 1 atom stereocenters. The van der Waals surface area contributed by atoms with Crippen LogP contribution in [0.25, 0.3) is 0 Å². The lowest BCUT2D eigenvalue weighted by atomic mass is 10.0. The van der Waals surface area contributed by atoms with Gasteiger partial charge in [-0.05, 0) is 47.7 Å². The van der Waals surface area contributed by atoms with Gasteiger partial charge in [-0.3, -0.25) is 0 Å². The quantitative estimate of drug-likeness (QED) is 0.579. The summed E-state index contributed by atoms with van der Waals surface area (Å²) in [5, 5.41) is 0. The summed E-state index contributed by atoms with van der Waals surface area (Å²) in [5.41, 5.74) is 4.12. The molecule has 1 nitrogen and oxygen atoms in total. The zero-order chi connectivity index (χ0) is 10.4. The molecular formula is C11H16BrOP. The van der Waals surface area contributed by atoms with Crippen LogP contribution in [0.1, 0.15) is 23.1 Å². The van der Waals surface area contributed by atoms with E-state index in [9.17, 15) is 0 Å². The second kappa shape index (κ2) is 6.55. The molecule has 0 amide bonds. The van der Waals surface area contributed by atoms with E-state index >= 15 is 0 Å². The fourth-order valence-electron chi connectivity index (χ4n) is 1.60. The zero-order valence-electron chi connectivity index (χ0n) is 8.64. The molecule has 1 rings (SSSR count). The van der Waals surface area contributed by atoms with Crippen molar-refractivity contribution < 1.29 is 4.52 Å². The highest BCUT2D eigenvalue weighted by Crippen LogP contribution is 2.21. The first-order valence-corrected chi connectivity index (χ1v) is 7.93. The van der Waals surface area contributed by atoms with Gasteiger partial charge in [-0.25, -0.2) is 0 Å². The first-order chi connectivity index (χ1) is 6.72. The van der Waals surface area contributed by atoms with E-state index in [4.69, 9.17) is 4.52 Å². The minimum atomic E-state index is 0.433. The number of hydrogen-bond acceptors (Lipinski definition) is 1. The molecule has 14 heavy (non-hydrogen) atoms. The van der Waals surface area contributed by atoms with Crippen molar-refractivity contribution in [2.75, 3.05) is 6.61 Å². The van der Waals surface area contributed by atoms with E-state index < -0.39 is 0 Å². The summed E-state index contributed by atoms with van der Waals surface area (Å²) in [6, 6.07) is 6.71. The van der Waals surface area contributed by atoms with Crippen LogP contribution in [0.2, 0.25) is 0 Å². The lowest BCUT2D eigenvalue weighted by Crippen LogP contribution is -1.92. The predicted octanol–water partition coefficient (Wildman–Crippen LogP) is 4.16. The molecule has 0 bridgehead atoms. The van der Waals surface area contributed by atoms with Crippen molar-refractivity contribution in [2.45, 2.75) is 26.7 Å². The molecule has 1 aromatic carbocycles. The van der Waals surface area contributed by atoms with E-state index in [0.717, 1.165) is 19.4 Å². The Labute approximate surface area is 95.8 Å². The largest absolute Gasteiger partial charge is 0.351 e. The van der Waals surface area contributed by atoms with Gasteiger partial charge in [0, 0.05) is 0 Å². The van der Waals surface area contributed by atoms with Crippen molar-refractivity contribution in [3.8, 4) is 0 Å². The normalized spacial score (nSPS) is 11.4. The molecule has 1 aromatic rings. The Morgan fingerprint density at radius 2 is 1.86 bits per heavy atom. The van der Waals surface area contributed by atoms with Gasteiger partial charge in [-0.15, -0.1) is 0 Å². The first-order valence-electron chi connectivity index (χ1n) is 4.77. The van der Waals surface area contributed by atoms with E-state index in [0.29, 0.717) is 7.51 Å². The standard InChI is InChI=1S/C11H16BrOP/c1-9-6-10(2)8-11(7-9)4-3-5-13-14-12/h6-8,14H,3-5H2,1-2H3. The third-order valence-electron chi connectivity index (χ3n) is 2.05. The molecule has 0 saturated carbocycles. The van der Waals surface area contributed by atoms with Crippen molar-refractivity contribution >= 4 is 23.0 Å². The van der Waals surface area contributed by atoms with Crippen LogP contribution >= 0.6 is 23.0 Å². The van der Waals surface area contributed by atoms with Crippen molar-refractivity contribution in [2.24, 2.45) is 0 Å². The van der Waals surface area contributed by atoms with E-state index in [1.807, 2.05) is 0 Å². The number of benzene rings is 1. The Hall–Kier alpha value is 0.0900. The van der Waals surface area contributed by atoms with Gasteiger partial charge >= 0.3 is 0 Å². The van der Waals surface area contributed by atoms with Crippen molar-refractivity contribution in [3.05, 3.63) is 34.9 Å². The second-order valence-corrected chi connectivity index (χ2v) is 4.94. The van der Waals surface area contributed by atoms with Gasteiger partial charge in [0.2, 0.25) is 0 Å². The lowest BCUT2D eigenvalue weighted by molar-refractivity contribution is 0.361. The summed E-state index contributed by atoms with van der Waals surface area (Å²) < 4.78 is 5.26. The first kappa shape index (κ1) is 12.2. The summed E-state index contributed by atoms with van der Waals surface area (Å²) in [4.78, 5) is 0. The van der Waals surface area contributed by atoms with Crippen LogP contribution in [0.5, 0.6) is 0 Å². The number of halogens is 1. The van der Waals surface area contributed by atoms with Gasteiger partial charge in [0.05, 0.1) is 14.1 Å². The van der Waals surface area contributed by atoms with Crippen LogP contribution in [-0.4, -0.2) is 6.61 Å². The van der Waals surface area contributed by atoms with Crippen molar-refractivity contribution in [1.29, 1.82) is 0 Å². The van der Waals surface area contributed by atoms with Crippen molar-refractivity contribution in [3.63, 3.8) is 0 Å². The summed E-state index contributed by atoms with van der Waals surface area (Å²) in [6.07, 6.45) is 2.21. The van der Waals surface area contributed by atoms with E-state index in [2.05, 4.69) is 47.5 Å². The fraction of sp³-hybridized carbons (Fsp3) is 0.455. The maximum atomic E-state index is 5.26. The van der Waals surface area contributed by atoms with Crippen LogP contribution in [0.3, 0.4) is 0 Å². The van der Waals surface area contributed by atoms with Gasteiger partial charge in [-0.1, -0.05) is 29.3 Å². The summed E-state index contributed by atoms with van der Waals surface area (Å²) in [5.74, 6) is 0. The molecule has 0 radical (unpaired) electrons. The van der Waals surface area contributed by atoms with E-state index in [1.165, 1.54) is 16.7 Å². The SMILES string of the molecule is Cc1cc(C)cc(CCCOPBr)c1. The smallest absolute Gasteiger partial charge is 0.0844 e. The molecule has 0 N–H and O–H groups in total. The highest BCUT2D eigenvalue weighted by molar-refractivity contribution is 9.36. The highest BCUT2D eigenvalue weighted by atomic mass is 79.9. The van der Waals surface area contributed by atoms with Crippen LogP contribution in [0.15, 0.2) is 18.2 Å². The Morgan fingerprint density at radius 1 is 1.21 bits per heavy atom. The maximum absolute atomic E-state index is 5.26. The topological polar surface area (TPSA) is 9.23 Å². The van der Waals surface area contributed by atoms with Gasteiger partial charge in [0.15, 0.2) is 0 Å². The Balaban J connectivity index is 2.42. The predicted molar refractivity (Wildman–Crippen MR) is 67.4 cm³/mol. The third kappa shape index (κ3) is 4.54. The number of rotatable bonds is 5. The maximum Gasteiger partial charge on any atom is 0.0844 e. The molecule has 0 aliphatic rings. The highest BCUT2D eigenvalue weighted by Gasteiger charge is 1.96. The molecule has 0 aromatic heterocycles. The molecule has 0 saturated heterocycles. The third-order valence-corrected chi connectivity index (χ3v) is 3.05. The van der Waals surface area contributed by atoms with Gasteiger partial charge < -0.3 is 4.52 Å². The molecular weight excluding hydrogens is 259 g/mol. The van der Waals surface area contributed by atoms with Crippen LogP contribution in [-0.2, 0) is 10.9 Å². The molecule has 0 aliphatic heterocycles. The van der Waals surface area contributed by atoms with E-state index in [-0.39, 0.29) is 0 Å². The Bertz CT molecular complexity index is 268. The second-order valence-electron chi connectivity index (χ2n) is 3.53. The monoisotopic (exact) mass is 274 g/mol. The molecule has 0 fully saturated rings. The Kier molecular flexibility index (Phi) is 5.69. The van der Waals surface area contributed by atoms with Gasteiger partial charge in [-0.2, -0.15) is 0 Å². The molecule has 3 heteroatoms. The molecule has 0 heterocycles. The van der Waals surface area contributed by atoms with Gasteiger partial charge in [0.1, 0.15) is 0 Å². The minimum Gasteiger partial charge on any atom is -0.351 e.